The highest BCUT2D eigenvalue weighted by Crippen LogP contribution is 2.25. The molecule has 0 aliphatic carbocycles. The maximum Gasteiger partial charge on any atom is 0.191 e. The summed E-state index contributed by atoms with van der Waals surface area (Å²) in [5.41, 5.74) is 1.01. The zero-order valence-corrected chi connectivity index (χ0v) is 16.2. The van der Waals surface area contributed by atoms with Gasteiger partial charge in [-0.25, -0.2) is 4.99 Å². The molecule has 1 aromatic carbocycles. The number of methoxy groups -OCH3 is 2. The lowest BCUT2D eigenvalue weighted by molar-refractivity contribution is 0.128. The first-order valence-corrected chi connectivity index (χ1v) is 8.91. The van der Waals surface area contributed by atoms with Gasteiger partial charge in [0.05, 0.1) is 27.4 Å². The van der Waals surface area contributed by atoms with Crippen molar-refractivity contribution in [3.8, 4) is 11.5 Å². The molecule has 0 saturated heterocycles. The Labute approximate surface area is 152 Å². The van der Waals surface area contributed by atoms with Crippen LogP contribution in [0.5, 0.6) is 11.5 Å². The number of hydrogen-bond acceptors (Lipinski definition) is 4. The van der Waals surface area contributed by atoms with Crippen LogP contribution in [0.1, 0.15) is 32.8 Å². The zero-order valence-electron chi connectivity index (χ0n) is 16.2. The summed E-state index contributed by atoms with van der Waals surface area (Å²) in [6.07, 6.45) is 1.09. The van der Waals surface area contributed by atoms with Crippen molar-refractivity contribution >= 4 is 5.96 Å². The molecule has 0 aromatic heterocycles. The van der Waals surface area contributed by atoms with Gasteiger partial charge in [0.25, 0.3) is 0 Å². The summed E-state index contributed by atoms with van der Waals surface area (Å²) in [5, 5.41) is 6.53. The van der Waals surface area contributed by atoms with Gasteiger partial charge in [0, 0.05) is 31.3 Å². The van der Waals surface area contributed by atoms with Crippen LogP contribution in [-0.2, 0) is 11.3 Å². The Bertz CT molecular complexity index is 519. The van der Waals surface area contributed by atoms with Gasteiger partial charge < -0.3 is 24.8 Å². The second kappa shape index (κ2) is 12.4. The third-order valence-electron chi connectivity index (χ3n) is 3.62. The molecule has 1 rings (SSSR count). The molecule has 6 heteroatoms. The molecular weight excluding hydrogens is 318 g/mol. The number of nitrogens with zero attached hydrogens (tertiary/aromatic N) is 1. The molecule has 0 unspecified atom stereocenters. The van der Waals surface area contributed by atoms with Gasteiger partial charge in [0.15, 0.2) is 5.96 Å². The first-order chi connectivity index (χ1) is 12.1. The van der Waals surface area contributed by atoms with Crippen molar-refractivity contribution in [3.05, 3.63) is 23.8 Å². The zero-order chi connectivity index (χ0) is 18.5. The monoisotopic (exact) mass is 351 g/mol. The van der Waals surface area contributed by atoms with Gasteiger partial charge in [-0.1, -0.05) is 13.8 Å². The lowest BCUT2D eigenvalue weighted by Gasteiger charge is -2.13. The summed E-state index contributed by atoms with van der Waals surface area (Å²) in [6, 6.07) is 5.75. The first kappa shape index (κ1) is 21.1. The van der Waals surface area contributed by atoms with Crippen molar-refractivity contribution in [2.75, 3.05) is 40.5 Å². The highest BCUT2D eigenvalue weighted by atomic mass is 16.5. The van der Waals surface area contributed by atoms with Crippen LogP contribution in [0.25, 0.3) is 0 Å². The van der Waals surface area contributed by atoms with Gasteiger partial charge >= 0.3 is 0 Å². The Hall–Kier alpha value is -1.95. The van der Waals surface area contributed by atoms with Crippen molar-refractivity contribution in [1.82, 2.24) is 10.6 Å². The highest BCUT2D eigenvalue weighted by Gasteiger charge is 2.05. The van der Waals surface area contributed by atoms with Crippen molar-refractivity contribution in [1.29, 1.82) is 0 Å². The van der Waals surface area contributed by atoms with Crippen LogP contribution in [0.15, 0.2) is 23.2 Å². The lowest BCUT2D eigenvalue weighted by atomic mass is 10.1. The van der Waals surface area contributed by atoms with Crippen LogP contribution in [0.4, 0.5) is 0 Å². The first-order valence-electron chi connectivity index (χ1n) is 8.91. The molecule has 0 heterocycles. The predicted octanol–water partition coefficient (Wildman–Crippen LogP) is 2.82. The molecule has 0 aliphatic heterocycles. The Kier molecular flexibility index (Phi) is 10.5. The van der Waals surface area contributed by atoms with E-state index in [1.165, 1.54) is 0 Å². The number of hydrogen-bond donors (Lipinski definition) is 2. The van der Waals surface area contributed by atoms with E-state index < -0.39 is 0 Å². The van der Waals surface area contributed by atoms with Gasteiger partial charge in [-0.2, -0.15) is 0 Å². The highest BCUT2D eigenvalue weighted by molar-refractivity contribution is 5.79. The molecule has 25 heavy (non-hydrogen) atoms. The van der Waals surface area contributed by atoms with E-state index in [-0.39, 0.29) is 0 Å². The minimum atomic E-state index is 0.525. The molecule has 0 atom stereocenters. The van der Waals surface area contributed by atoms with E-state index in [4.69, 9.17) is 14.2 Å². The van der Waals surface area contributed by atoms with Gasteiger partial charge in [-0.15, -0.1) is 0 Å². The minimum Gasteiger partial charge on any atom is -0.497 e. The maximum absolute atomic E-state index is 5.62. The van der Waals surface area contributed by atoms with Crippen molar-refractivity contribution in [2.24, 2.45) is 10.9 Å². The molecule has 142 valence electrons. The largest absolute Gasteiger partial charge is 0.497 e. The minimum absolute atomic E-state index is 0.525. The Balaban J connectivity index is 2.52. The number of benzene rings is 1. The molecule has 0 aliphatic rings. The van der Waals surface area contributed by atoms with Crippen molar-refractivity contribution < 1.29 is 14.2 Å². The lowest BCUT2D eigenvalue weighted by Crippen LogP contribution is -2.39. The van der Waals surface area contributed by atoms with E-state index in [9.17, 15) is 0 Å². The molecule has 0 spiro atoms. The molecule has 0 saturated carbocycles. The smallest absolute Gasteiger partial charge is 0.191 e. The normalized spacial score (nSPS) is 11.5. The van der Waals surface area contributed by atoms with Gasteiger partial charge in [0.2, 0.25) is 0 Å². The SMILES string of the molecule is CCNC(=NCc1ccc(OC)cc1OC)NCCOCCC(C)C. The van der Waals surface area contributed by atoms with Gasteiger partial charge in [0.1, 0.15) is 11.5 Å². The summed E-state index contributed by atoms with van der Waals surface area (Å²) >= 11 is 0. The molecule has 1 aromatic rings. The summed E-state index contributed by atoms with van der Waals surface area (Å²) in [7, 11) is 3.29. The van der Waals surface area contributed by atoms with Crippen LogP contribution in [0.2, 0.25) is 0 Å². The van der Waals surface area contributed by atoms with Crippen LogP contribution in [0, 0.1) is 5.92 Å². The number of nitrogens with one attached hydrogen (secondary N) is 2. The summed E-state index contributed by atoms with van der Waals surface area (Å²) < 4.78 is 16.3. The van der Waals surface area contributed by atoms with E-state index in [0.717, 1.165) is 49.1 Å². The average Bonchev–Trinajstić information content (AvgIpc) is 2.61. The van der Waals surface area contributed by atoms with E-state index in [1.54, 1.807) is 14.2 Å². The fourth-order valence-corrected chi connectivity index (χ4v) is 2.15. The fraction of sp³-hybridized carbons (Fsp3) is 0.632. The number of rotatable bonds is 11. The third-order valence-corrected chi connectivity index (χ3v) is 3.62. The van der Waals surface area contributed by atoms with E-state index in [1.807, 2.05) is 25.1 Å². The molecule has 0 bridgehead atoms. The van der Waals surface area contributed by atoms with Gasteiger partial charge in [-0.3, -0.25) is 0 Å². The number of guanidine groups is 1. The van der Waals surface area contributed by atoms with Crippen LogP contribution >= 0.6 is 0 Å². The second-order valence-corrected chi connectivity index (χ2v) is 6.09. The summed E-state index contributed by atoms with van der Waals surface area (Å²) in [4.78, 5) is 4.61. The van der Waals surface area contributed by atoms with Crippen molar-refractivity contribution in [3.63, 3.8) is 0 Å². The van der Waals surface area contributed by atoms with Crippen molar-refractivity contribution in [2.45, 2.75) is 33.7 Å². The molecule has 0 amide bonds. The van der Waals surface area contributed by atoms with Gasteiger partial charge in [-0.05, 0) is 31.4 Å². The average molecular weight is 351 g/mol. The summed E-state index contributed by atoms with van der Waals surface area (Å²) in [6.45, 7) is 9.97. The Morgan fingerprint density at radius 3 is 2.56 bits per heavy atom. The summed E-state index contributed by atoms with van der Waals surface area (Å²) in [5.74, 6) is 2.99. The topological polar surface area (TPSA) is 64.1 Å². The standard InChI is InChI=1S/C19H33N3O3/c1-6-20-19(21-10-12-25-11-9-15(2)3)22-14-16-7-8-17(23-4)13-18(16)24-5/h7-8,13,15H,6,9-12,14H2,1-5H3,(H2,20,21,22). The van der Waals surface area contributed by atoms with Crippen LogP contribution in [0.3, 0.4) is 0 Å². The maximum atomic E-state index is 5.62. The fourth-order valence-electron chi connectivity index (χ4n) is 2.15. The molecular formula is C19H33N3O3. The molecule has 0 fully saturated rings. The van der Waals surface area contributed by atoms with Crippen LogP contribution < -0.4 is 20.1 Å². The quantitative estimate of drug-likeness (QED) is 0.365. The van der Waals surface area contributed by atoms with Crippen LogP contribution in [-0.4, -0.2) is 46.5 Å². The molecule has 0 radical (unpaired) electrons. The molecule has 2 N–H and O–H groups in total. The van der Waals surface area contributed by atoms with E-state index >= 15 is 0 Å². The Morgan fingerprint density at radius 1 is 1.12 bits per heavy atom. The number of aliphatic imine (C=N–C) groups is 1. The van der Waals surface area contributed by atoms with E-state index in [0.29, 0.717) is 19.1 Å². The second-order valence-electron chi connectivity index (χ2n) is 6.09. The molecule has 6 nitrogen and oxygen atoms in total. The number of ether oxygens (including phenoxy) is 3. The Morgan fingerprint density at radius 2 is 1.92 bits per heavy atom. The third kappa shape index (κ3) is 8.63. The predicted molar refractivity (Wildman–Crippen MR) is 103 cm³/mol. The van der Waals surface area contributed by atoms with E-state index in [2.05, 4.69) is 29.5 Å².